The summed E-state index contributed by atoms with van der Waals surface area (Å²) in [6, 6.07) is 22.4. The molecule has 2 nitrogen and oxygen atoms in total. The van der Waals surface area contributed by atoms with E-state index in [1.54, 1.807) is 12.3 Å². The number of rotatable bonds is 3. The number of pyridine rings is 1. The predicted octanol–water partition coefficient (Wildman–Crippen LogP) is 3.40. The quantitative estimate of drug-likeness (QED) is 0.719. The number of hydrogen-bond donors (Lipinski definition) is 1. The minimum atomic E-state index is 0.286. The molecular formula is C18H16NO+. The highest BCUT2D eigenvalue weighted by Crippen LogP contribution is 2.19. The molecular weight excluding hydrogens is 246 g/mol. The summed E-state index contributed by atoms with van der Waals surface area (Å²) in [5.41, 5.74) is 3.65. The third kappa shape index (κ3) is 2.86. The summed E-state index contributed by atoms with van der Waals surface area (Å²) in [6.45, 7) is 0.753. The van der Waals surface area contributed by atoms with Crippen molar-refractivity contribution in [3.05, 3.63) is 84.7 Å². The molecule has 20 heavy (non-hydrogen) atoms. The molecule has 0 spiro atoms. The number of aromatic nitrogens is 1. The van der Waals surface area contributed by atoms with E-state index in [2.05, 4.69) is 36.4 Å². The maximum absolute atomic E-state index is 9.46. The number of aromatic hydroxyl groups is 1. The van der Waals surface area contributed by atoms with E-state index < -0.39 is 0 Å². The molecule has 1 N–H and O–H groups in total. The lowest BCUT2D eigenvalue weighted by molar-refractivity contribution is -0.688. The van der Waals surface area contributed by atoms with Gasteiger partial charge in [0.15, 0.2) is 18.5 Å². The van der Waals surface area contributed by atoms with Crippen LogP contribution in [0.5, 0.6) is 5.75 Å². The van der Waals surface area contributed by atoms with Gasteiger partial charge in [0, 0.05) is 11.6 Å². The van der Waals surface area contributed by atoms with Gasteiger partial charge in [-0.2, -0.15) is 4.57 Å². The first kappa shape index (κ1) is 12.4. The molecule has 2 aromatic carbocycles. The van der Waals surface area contributed by atoms with Gasteiger partial charge in [0.05, 0.1) is 0 Å². The number of hydrogen-bond acceptors (Lipinski definition) is 1. The van der Waals surface area contributed by atoms with Crippen LogP contribution < -0.4 is 4.57 Å². The molecule has 0 fully saturated rings. The van der Waals surface area contributed by atoms with Gasteiger partial charge in [-0.25, -0.2) is 0 Å². The predicted molar refractivity (Wildman–Crippen MR) is 79.3 cm³/mol. The van der Waals surface area contributed by atoms with E-state index in [4.69, 9.17) is 0 Å². The van der Waals surface area contributed by atoms with E-state index in [1.807, 2.05) is 35.0 Å². The third-order valence-corrected chi connectivity index (χ3v) is 3.27. The van der Waals surface area contributed by atoms with Crippen molar-refractivity contribution in [3.8, 4) is 16.9 Å². The van der Waals surface area contributed by atoms with E-state index in [9.17, 15) is 5.11 Å². The van der Waals surface area contributed by atoms with Crippen LogP contribution in [0.2, 0.25) is 0 Å². The average molecular weight is 262 g/mol. The normalized spacial score (nSPS) is 10.4. The molecule has 0 bridgehead atoms. The summed E-state index contributed by atoms with van der Waals surface area (Å²) in [7, 11) is 0. The Morgan fingerprint density at radius 3 is 2.15 bits per heavy atom. The standard InChI is InChI=1S/C18H15NO/c20-18-7-4-12-19(14-18)13-15-8-10-17(11-9-15)16-5-2-1-3-6-16/h1-12,14H,13H2/p+1. The number of nitrogens with zero attached hydrogens (tertiary/aromatic N) is 1. The Labute approximate surface area is 118 Å². The third-order valence-electron chi connectivity index (χ3n) is 3.27. The Balaban J connectivity index is 1.80. The Bertz CT molecular complexity index is 690. The fourth-order valence-corrected chi connectivity index (χ4v) is 2.25. The van der Waals surface area contributed by atoms with Crippen molar-refractivity contribution in [1.82, 2.24) is 0 Å². The van der Waals surface area contributed by atoms with E-state index in [1.165, 1.54) is 16.7 Å². The highest BCUT2D eigenvalue weighted by Gasteiger charge is 2.04. The summed E-state index contributed by atoms with van der Waals surface area (Å²) < 4.78 is 1.97. The highest BCUT2D eigenvalue weighted by atomic mass is 16.3. The summed E-state index contributed by atoms with van der Waals surface area (Å²) >= 11 is 0. The van der Waals surface area contributed by atoms with Gasteiger partial charge in [0.25, 0.3) is 0 Å². The first-order valence-electron chi connectivity index (χ1n) is 6.64. The highest BCUT2D eigenvalue weighted by molar-refractivity contribution is 5.63. The van der Waals surface area contributed by atoms with Gasteiger partial charge in [-0.15, -0.1) is 0 Å². The molecule has 0 radical (unpaired) electrons. The maximum Gasteiger partial charge on any atom is 0.211 e. The van der Waals surface area contributed by atoms with Crippen LogP contribution in [0.25, 0.3) is 11.1 Å². The zero-order valence-corrected chi connectivity index (χ0v) is 11.1. The molecule has 3 aromatic rings. The second kappa shape index (κ2) is 5.57. The van der Waals surface area contributed by atoms with Gasteiger partial charge >= 0.3 is 0 Å². The fourth-order valence-electron chi connectivity index (χ4n) is 2.25. The van der Waals surface area contributed by atoms with Crippen LogP contribution in [0.1, 0.15) is 5.56 Å². The molecule has 0 aliphatic rings. The topological polar surface area (TPSA) is 24.1 Å². The Hall–Kier alpha value is -2.61. The molecule has 0 amide bonds. The summed E-state index contributed by atoms with van der Waals surface area (Å²) in [6.07, 6.45) is 3.68. The van der Waals surface area contributed by atoms with Crippen molar-refractivity contribution in [2.75, 3.05) is 0 Å². The van der Waals surface area contributed by atoms with E-state index in [0.29, 0.717) is 0 Å². The van der Waals surface area contributed by atoms with Crippen molar-refractivity contribution >= 4 is 0 Å². The van der Waals surface area contributed by atoms with Crippen LogP contribution in [0.15, 0.2) is 79.1 Å². The van der Waals surface area contributed by atoms with E-state index in [0.717, 1.165) is 6.54 Å². The van der Waals surface area contributed by atoms with Crippen LogP contribution in [0.3, 0.4) is 0 Å². The lowest BCUT2D eigenvalue weighted by Crippen LogP contribution is -2.32. The summed E-state index contributed by atoms with van der Waals surface area (Å²) in [4.78, 5) is 0. The van der Waals surface area contributed by atoms with Crippen molar-refractivity contribution in [3.63, 3.8) is 0 Å². The molecule has 0 aliphatic heterocycles. The van der Waals surface area contributed by atoms with Gasteiger partial charge in [0.1, 0.15) is 0 Å². The Morgan fingerprint density at radius 2 is 1.45 bits per heavy atom. The van der Waals surface area contributed by atoms with Gasteiger partial charge < -0.3 is 5.11 Å². The zero-order chi connectivity index (χ0) is 13.8. The molecule has 1 aromatic heterocycles. The van der Waals surface area contributed by atoms with Gasteiger partial charge in [-0.3, -0.25) is 0 Å². The SMILES string of the molecule is Oc1ccc[n+](Cc2ccc(-c3ccccc3)cc2)c1. The van der Waals surface area contributed by atoms with Crippen molar-refractivity contribution in [2.45, 2.75) is 6.54 Å². The van der Waals surface area contributed by atoms with E-state index in [-0.39, 0.29) is 5.75 Å². The molecule has 3 rings (SSSR count). The Kier molecular flexibility index (Phi) is 3.46. The second-order valence-electron chi connectivity index (χ2n) is 4.80. The summed E-state index contributed by atoms with van der Waals surface area (Å²) in [5, 5.41) is 9.46. The van der Waals surface area contributed by atoms with Crippen LogP contribution in [-0.2, 0) is 6.54 Å². The van der Waals surface area contributed by atoms with Crippen LogP contribution in [0.4, 0.5) is 0 Å². The van der Waals surface area contributed by atoms with Crippen LogP contribution in [-0.4, -0.2) is 5.11 Å². The lowest BCUT2D eigenvalue weighted by atomic mass is 10.0. The van der Waals surface area contributed by atoms with Gasteiger partial charge in [0.2, 0.25) is 6.20 Å². The second-order valence-corrected chi connectivity index (χ2v) is 4.80. The summed E-state index contributed by atoms with van der Waals surface area (Å²) in [5.74, 6) is 0.286. The van der Waals surface area contributed by atoms with Crippen molar-refractivity contribution in [2.24, 2.45) is 0 Å². The van der Waals surface area contributed by atoms with E-state index >= 15 is 0 Å². The minimum absolute atomic E-state index is 0.286. The monoisotopic (exact) mass is 262 g/mol. The maximum atomic E-state index is 9.46. The Morgan fingerprint density at radius 1 is 0.750 bits per heavy atom. The molecule has 0 saturated heterocycles. The molecule has 0 atom stereocenters. The molecule has 0 aliphatic carbocycles. The van der Waals surface area contributed by atoms with Crippen LogP contribution in [0, 0.1) is 0 Å². The largest absolute Gasteiger partial charge is 0.503 e. The first-order valence-corrected chi connectivity index (χ1v) is 6.64. The smallest absolute Gasteiger partial charge is 0.211 e. The van der Waals surface area contributed by atoms with Crippen molar-refractivity contribution in [1.29, 1.82) is 0 Å². The molecule has 1 heterocycles. The molecule has 0 saturated carbocycles. The van der Waals surface area contributed by atoms with Gasteiger partial charge in [-0.05, 0) is 17.2 Å². The molecule has 98 valence electrons. The zero-order valence-electron chi connectivity index (χ0n) is 11.1. The average Bonchev–Trinajstić information content (AvgIpc) is 2.49. The molecule has 2 heteroatoms. The lowest BCUT2D eigenvalue weighted by Gasteiger charge is -2.03. The van der Waals surface area contributed by atoms with Gasteiger partial charge in [-0.1, -0.05) is 54.6 Å². The first-order chi connectivity index (χ1) is 9.81. The van der Waals surface area contributed by atoms with Crippen LogP contribution >= 0.6 is 0 Å². The fraction of sp³-hybridized carbons (Fsp3) is 0.0556. The number of benzene rings is 2. The minimum Gasteiger partial charge on any atom is -0.503 e. The molecule has 0 unspecified atom stereocenters. The van der Waals surface area contributed by atoms with Crippen molar-refractivity contribution < 1.29 is 9.67 Å².